The predicted molar refractivity (Wildman–Crippen MR) is 121 cm³/mol. The van der Waals surface area contributed by atoms with E-state index in [0.717, 1.165) is 14.9 Å². The lowest BCUT2D eigenvalue weighted by Crippen LogP contribution is -2.16. The molecule has 0 aliphatic heterocycles. The van der Waals surface area contributed by atoms with Crippen LogP contribution >= 0.6 is 22.7 Å². The van der Waals surface area contributed by atoms with E-state index in [-0.39, 0.29) is 18.1 Å². The molecule has 154 valence electrons. The fourth-order valence-electron chi connectivity index (χ4n) is 3.08. The number of nitrogens with zero attached hydrogens (tertiary/aromatic N) is 3. The van der Waals surface area contributed by atoms with Crippen LogP contribution in [0.15, 0.2) is 47.5 Å². The molecule has 0 aliphatic rings. The SMILES string of the molecule is C#CCn1c(=NC(=O)c2cc3cc([N+](=O)[O-])ccc3s2)sc2cc(NC(C)=O)ccc21. The maximum atomic E-state index is 12.8. The van der Waals surface area contributed by atoms with Crippen LogP contribution in [-0.4, -0.2) is 21.3 Å². The Morgan fingerprint density at radius 3 is 2.71 bits per heavy atom. The molecule has 8 nitrogen and oxygen atoms in total. The molecule has 0 aliphatic carbocycles. The lowest BCUT2D eigenvalue weighted by Gasteiger charge is -2.03. The number of carbonyl (C=O) groups excluding carboxylic acids is 2. The number of terminal acetylenes is 1. The van der Waals surface area contributed by atoms with E-state index in [9.17, 15) is 19.7 Å². The Labute approximate surface area is 183 Å². The molecule has 4 aromatic rings. The zero-order chi connectivity index (χ0) is 22.1. The predicted octanol–water partition coefficient (Wildman–Crippen LogP) is 4.16. The fourth-order valence-corrected chi connectivity index (χ4v) is 5.07. The second-order valence-electron chi connectivity index (χ2n) is 6.55. The number of benzene rings is 2. The van der Waals surface area contributed by atoms with Gasteiger partial charge < -0.3 is 9.88 Å². The first kappa shape index (κ1) is 20.5. The van der Waals surface area contributed by atoms with Gasteiger partial charge in [0.05, 0.1) is 26.6 Å². The molecule has 0 bridgehead atoms. The number of non-ortho nitro benzene ring substituents is 1. The Kier molecular flexibility index (Phi) is 5.37. The van der Waals surface area contributed by atoms with Gasteiger partial charge in [-0.2, -0.15) is 4.99 Å². The molecule has 0 saturated heterocycles. The van der Waals surface area contributed by atoms with Gasteiger partial charge in [-0.05, 0) is 30.3 Å². The van der Waals surface area contributed by atoms with Crippen LogP contribution in [-0.2, 0) is 11.3 Å². The minimum absolute atomic E-state index is 0.0346. The van der Waals surface area contributed by atoms with E-state index >= 15 is 0 Å². The van der Waals surface area contributed by atoms with Gasteiger partial charge in [-0.3, -0.25) is 19.7 Å². The summed E-state index contributed by atoms with van der Waals surface area (Å²) in [6, 6.07) is 11.4. The molecule has 0 fully saturated rings. The highest BCUT2D eigenvalue weighted by Crippen LogP contribution is 2.29. The van der Waals surface area contributed by atoms with E-state index < -0.39 is 10.8 Å². The first-order valence-corrected chi connectivity index (χ1v) is 10.6. The minimum atomic E-state index is -0.474. The number of nitrogens with one attached hydrogen (secondary N) is 1. The van der Waals surface area contributed by atoms with Crippen LogP contribution in [0.3, 0.4) is 0 Å². The third-order valence-electron chi connectivity index (χ3n) is 4.37. The Morgan fingerprint density at radius 1 is 1.19 bits per heavy atom. The number of hydrogen-bond acceptors (Lipinski definition) is 6. The summed E-state index contributed by atoms with van der Waals surface area (Å²) in [5.74, 6) is 1.93. The number of hydrogen-bond donors (Lipinski definition) is 1. The van der Waals surface area contributed by atoms with Gasteiger partial charge in [-0.25, -0.2) is 0 Å². The van der Waals surface area contributed by atoms with E-state index in [2.05, 4.69) is 16.2 Å². The lowest BCUT2D eigenvalue weighted by atomic mass is 10.2. The van der Waals surface area contributed by atoms with E-state index in [1.54, 1.807) is 28.8 Å². The van der Waals surface area contributed by atoms with Crippen LogP contribution in [0.25, 0.3) is 20.3 Å². The average molecular weight is 451 g/mol. The summed E-state index contributed by atoms with van der Waals surface area (Å²) < 4.78 is 3.34. The summed E-state index contributed by atoms with van der Waals surface area (Å²) in [6.07, 6.45) is 5.50. The topological polar surface area (TPSA) is 107 Å². The molecule has 2 amide bonds. The second kappa shape index (κ2) is 8.14. The number of fused-ring (bicyclic) bond motifs is 2. The largest absolute Gasteiger partial charge is 0.326 e. The molecule has 0 radical (unpaired) electrons. The summed E-state index contributed by atoms with van der Waals surface area (Å²) in [4.78, 5) is 39.7. The normalized spacial score (nSPS) is 11.5. The quantitative estimate of drug-likeness (QED) is 0.286. The number of rotatable bonds is 4. The highest BCUT2D eigenvalue weighted by atomic mass is 32.1. The van der Waals surface area contributed by atoms with Crippen molar-refractivity contribution in [3.05, 3.63) is 62.3 Å². The first-order valence-electron chi connectivity index (χ1n) is 8.97. The summed E-state index contributed by atoms with van der Waals surface area (Å²) in [5.41, 5.74) is 1.40. The van der Waals surface area contributed by atoms with Gasteiger partial charge >= 0.3 is 0 Å². The average Bonchev–Trinajstić information content (AvgIpc) is 3.28. The van der Waals surface area contributed by atoms with Gasteiger partial charge in [0.1, 0.15) is 0 Å². The van der Waals surface area contributed by atoms with Crippen molar-refractivity contribution >= 4 is 66.2 Å². The van der Waals surface area contributed by atoms with Gasteiger partial charge in [0.2, 0.25) is 5.91 Å². The van der Waals surface area contributed by atoms with Crippen molar-refractivity contribution in [3.63, 3.8) is 0 Å². The number of thiazole rings is 1. The first-order chi connectivity index (χ1) is 14.9. The van der Waals surface area contributed by atoms with Gasteiger partial charge in [-0.15, -0.1) is 17.8 Å². The molecule has 31 heavy (non-hydrogen) atoms. The summed E-state index contributed by atoms with van der Waals surface area (Å²) in [7, 11) is 0. The summed E-state index contributed by atoms with van der Waals surface area (Å²) in [6.45, 7) is 1.65. The van der Waals surface area contributed by atoms with Crippen LogP contribution in [0.4, 0.5) is 11.4 Å². The van der Waals surface area contributed by atoms with Crippen molar-refractivity contribution in [1.29, 1.82) is 0 Å². The molecule has 2 aromatic heterocycles. The minimum Gasteiger partial charge on any atom is -0.326 e. The zero-order valence-corrected chi connectivity index (χ0v) is 17.8. The maximum Gasteiger partial charge on any atom is 0.289 e. The fraction of sp³-hybridized carbons (Fsp3) is 0.0952. The Bertz CT molecular complexity index is 1490. The van der Waals surface area contributed by atoms with Crippen LogP contribution in [0.5, 0.6) is 0 Å². The summed E-state index contributed by atoms with van der Waals surface area (Å²) >= 11 is 2.51. The van der Waals surface area contributed by atoms with Crippen LogP contribution in [0.1, 0.15) is 16.6 Å². The van der Waals surface area contributed by atoms with Crippen molar-refractivity contribution in [2.75, 3.05) is 5.32 Å². The van der Waals surface area contributed by atoms with Crippen molar-refractivity contribution in [2.24, 2.45) is 4.99 Å². The van der Waals surface area contributed by atoms with Crippen molar-refractivity contribution in [2.45, 2.75) is 13.5 Å². The number of anilines is 1. The molecular formula is C21H14N4O4S2. The van der Waals surface area contributed by atoms with Gasteiger partial charge in [0, 0.05) is 34.8 Å². The zero-order valence-electron chi connectivity index (χ0n) is 16.1. The van der Waals surface area contributed by atoms with Crippen molar-refractivity contribution in [1.82, 2.24) is 4.57 Å². The van der Waals surface area contributed by atoms with E-state index in [0.29, 0.717) is 20.8 Å². The number of nitro groups is 1. The molecule has 4 rings (SSSR count). The monoisotopic (exact) mass is 450 g/mol. The molecule has 0 unspecified atom stereocenters. The number of carbonyl (C=O) groups is 2. The molecule has 0 spiro atoms. The standard InChI is InChI=1S/C21H14N4O4S2/c1-3-8-24-16-6-4-14(22-12(2)26)11-18(16)31-21(24)23-20(27)19-10-13-9-15(25(28)29)5-7-17(13)30-19/h1,4-7,9-11H,8H2,2H3,(H,22,26). The third kappa shape index (κ3) is 4.09. The highest BCUT2D eigenvalue weighted by molar-refractivity contribution is 7.21. The van der Waals surface area contributed by atoms with E-state index in [1.807, 2.05) is 6.07 Å². The summed E-state index contributed by atoms with van der Waals surface area (Å²) in [5, 5.41) is 14.3. The second-order valence-corrected chi connectivity index (χ2v) is 8.64. The van der Waals surface area contributed by atoms with E-state index in [4.69, 9.17) is 6.42 Å². The van der Waals surface area contributed by atoms with Crippen molar-refractivity contribution in [3.8, 4) is 12.3 Å². The van der Waals surface area contributed by atoms with Gasteiger partial charge in [0.15, 0.2) is 4.80 Å². The maximum absolute atomic E-state index is 12.8. The number of thiophene rings is 1. The Balaban J connectivity index is 1.78. The molecule has 0 atom stereocenters. The Morgan fingerprint density at radius 2 is 2.00 bits per heavy atom. The highest BCUT2D eigenvalue weighted by Gasteiger charge is 2.14. The molecule has 2 heterocycles. The number of nitro benzene ring substituents is 1. The molecular weight excluding hydrogens is 436 g/mol. The Hall–Kier alpha value is -3.81. The molecule has 0 saturated carbocycles. The van der Waals surface area contributed by atoms with Gasteiger partial charge in [0.25, 0.3) is 11.6 Å². The molecule has 1 N–H and O–H groups in total. The van der Waals surface area contributed by atoms with Crippen LogP contribution in [0, 0.1) is 22.5 Å². The van der Waals surface area contributed by atoms with E-state index in [1.165, 1.54) is 41.7 Å². The van der Waals surface area contributed by atoms with Gasteiger partial charge in [-0.1, -0.05) is 17.3 Å². The van der Waals surface area contributed by atoms with Crippen LogP contribution in [0.2, 0.25) is 0 Å². The lowest BCUT2D eigenvalue weighted by molar-refractivity contribution is -0.384. The molecule has 2 aromatic carbocycles. The van der Waals surface area contributed by atoms with Crippen LogP contribution < -0.4 is 10.1 Å². The number of amides is 2. The van der Waals surface area contributed by atoms with Crippen molar-refractivity contribution < 1.29 is 14.5 Å². The smallest absolute Gasteiger partial charge is 0.289 e. The molecule has 10 heteroatoms. The number of aromatic nitrogens is 1. The third-order valence-corrected chi connectivity index (χ3v) is 6.52.